The van der Waals surface area contributed by atoms with Gasteiger partial charge in [-0.2, -0.15) is 16.7 Å². The van der Waals surface area contributed by atoms with Gasteiger partial charge in [0.2, 0.25) is 5.95 Å². The molecule has 0 spiro atoms. The van der Waals surface area contributed by atoms with Crippen LogP contribution in [0, 0.1) is 6.92 Å². The van der Waals surface area contributed by atoms with Gasteiger partial charge in [0.1, 0.15) is 0 Å². The van der Waals surface area contributed by atoms with E-state index >= 15 is 0 Å². The lowest BCUT2D eigenvalue weighted by Crippen LogP contribution is -2.05. The lowest BCUT2D eigenvalue weighted by molar-refractivity contribution is 0.947. The van der Waals surface area contributed by atoms with E-state index in [0.29, 0.717) is 5.95 Å². The van der Waals surface area contributed by atoms with E-state index in [1.54, 1.807) is 16.3 Å². The van der Waals surface area contributed by atoms with Crippen LogP contribution in [0.2, 0.25) is 0 Å². The number of fused-ring (bicyclic) bond motifs is 1. The van der Waals surface area contributed by atoms with Crippen molar-refractivity contribution in [3.8, 4) is 0 Å². The van der Waals surface area contributed by atoms with Crippen molar-refractivity contribution in [2.45, 2.75) is 6.92 Å². The molecule has 5 heteroatoms. The number of aryl methyl sites for hydroxylation is 1. The smallest absolute Gasteiger partial charge is 0.243 e. The molecule has 4 nitrogen and oxygen atoms in total. The first-order chi connectivity index (χ1) is 7.29. The molecular weight excluding hydrogens is 208 g/mol. The number of aromatic nitrogens is 3. The highest BCUT2D eigenvalue weighted by molar-refractivity contribution is 7.98. The standard InChI is InChI=1S/C10H14N4S/c1-8-3-4-9-12-10(11-5-6-15-2)13-14(9)7-8/h3-4,7H,5-6H2,1-2H3,(H,11,13). The minimum absolute atomic E-state index is 0.703. The van der Waals surface area contributed by atoms with Gasteiger partial charge in [0.05, 0.1) is 0 Å². The van der Waals surface area contributed by atoms with Crippen LogP contribution in [0.3, 0.4) is 0 Å². The molecule has 0 radical (unpaired) electrons. The summed E-state index contributed by atoms with van der Waals surface area (Å²) in [6.07, 6.45) is 4.06. The van der Waals surface area contributed by atoms with Crippen molar-refractivity contribution < 1.29 is 0 Å². The van der Waals surface area contributed by atoms with E-state index in [2.05, 4.69) is 21.7 Å². The van der Waals surface area contributed by atoms with Crippen molar-refractivity contribution in [3.05, 3.63) is 23.9 Å². The Balaban J connectivity index is 2.16. The number of thioether (sulfide) groups is 1. The van der Waals surface area contributed by atoms with Crippen LogP contribution in [0.4, 0.5) is 5.95 Å². The van der Waals surface area contributed by atoms with Crippen LogP contribution in [0.5, 0.6) is 0 Å². The maximum atomic E-state index is 4.36. The third-order valence-corrected chi connectivity index (χ3v) is 2.68. The van der Waals surface area contributed by atoms with Gasteiger partial charge in [-0.15, -0.1) is 5.10 Å². The summed E-state index contributed by atoms with van der Waals surface area (Å²) in [7, 11) is 0. The molecular formula is C10H14N4S. The molecule has 0 aliphatic heterocycles. The molecule has 0 aromatic carbocycles. The summed E-state index contributed by atoms with van der Waals surface area (Å²) in [4.78, 5) is 4.36. The first-order valence-electron chi connectivity index (χ1n) is 4.85. The zero-order valence-corrected chi connectivity index (χ0v) is 9.71. The molecule has 2 aromatic rings. The summed E-state index contributed by atoms with van der Waals surface area (Å²) < 4.78 is 1.80. The van der Waals surface area contributed by atoms with E-state index in [0.717, 1.165) is 17.9 Å². The van der Waals surface area contributed by atoms with E-state index in [1.807, 2.05) is 25.3 Å². The van der Waals surface area contributed by atoms with Gasteiger partial charge in [-0.05, 0) is 24.8 Å². The predicted octanol–water partition coefficient (Wildman–Crippen LogP) is 1.81. The van der Waals surface area contributed by atoms with Gasteiger partial charge in [0.25, 0.3) is 0 Å². The monoisotopic (exact) mass is 222 g/mol. The van der Waals surface area contributed by atoms with Crippen LogP contribution in [-0.4, -0.2) is 33.2 Å². The first kappa shape index (κ1) is 10.3. The second kappa shape index (κ2) is 4.53. The average molecular weight is 222 g/mol. The molecule has 2 aromatic heterocycles. The summed E-state index contributed by atoms with van der Waals surface area (Å²) in [6, 6.07) is 4.01. The lowest BCUT2D eigenvalue weighted by Gasteiger charge is -1.97. The fourth-order valence-corrected chi connectivity index (χ4v) is 1.63. The van der Waals surface area contributed by atoms with Crippen LogP contribution in [0.25, 0.3) is 5.65 Å². The number of nitrogens with zero attached hydrogens (tertiary/aromatic N) is 3. The maximum Gasteiger partial charge on any atom is 0.243 e. The summed E-state index contributed by atoms with van der Waals surface area (Å²) in [5.41, 5.74) is 2.07. The fraction of sp³-hybridized carbons (Fsp3) is 0.400. The van der Waals surface area contributed by atoms with E-state index < -0.39 is 0 Å². The molecule has 2 heterocycles. The molecule has 0 amide bonds. The number of rotatable bonds is 4. The van der Waals surface area contributed by atoms with E-state index in [9.17, 15) is 0 Å². The topological polar surface area (TPSA) is 42.2 Å². The normalized spacial score (nSPS) is 10.8. The molecule has 0 saturated heterocycles. The number of pyridine rings is 1. The molecule has 2 rings (SSSR count). The van der Waals surface area contributed by atoms with Gasteiger partial charge in [-0.3, -0.25) is 0 Å². The van der Waals surface area contributed by atoms with E-state index in [-0.39, 0.29) is 0 Å². The third kappa shape index (κ3) is 2.41. The van der Waals surface area contributed by atoms with Crippen molar-refractivity contribution in [2.24, 2.45) is 0 Å². The van der Waals surface area contributed by atoms with E-state index in [1.165, 1.54) is 5.56 Å². The highest BCUT2D eigenvalue weighted by Crippen LogP contribution is 2.06. The molecule has 0 atom stereocenters. The second-order valence-corrected chi connectivity index (χ2v) is 4.35. The molecule has 0 unspecified atom stereocenters. The number of anilines is 1. The molecule has 0 aliphatic rings. The first-order valence-corrected chi connectivity index (χ1v) is 6.25. The van der Waals surface area contributed by atoms with Gasteiger partial charge in [-0.25, -0.2) is 4.52 Å². The lowest BCUT2D eigenvalue weighted by atomic mass is 10.3. The Morgan fingerprint density at radius 2 is 2.33 bits per heavy atom. The van der Waals surface area contributed by atoms with Crippen molar-refractivity contribution >= 4 is 23.4 Å². The Labute approximate surface area is 93.1 Å². The third-order valence-electron chi connectivity index (χ3n) is 2.07. The van der Waals surface area contributed by atoms with Crippen molar-refractivity contribution in [1.82, 2.24) is 14.6 Å². The summed E-state index contributed by atoms with van der Waals surface area (Å²) in [6.45, 7) is 2.94. The number of hydrogen-bond acceptors (Lipinski definition) is 4. The Bertz CT molecular complexity index is 452. The van der Waals surface area contributed by atoms with Crippen molar-refractivity contribution in [2.75, 3.05) is 23.9 Å². The quantitative estimate of drug-likeness (QED) is 0.801. The zero-order valence-electron chi connectivity index (χ0n) is 8.90. The Hall–Kier alpha value is -1.23. The largest absolute Gasteiger partial charge is 0.352 e. The molecule has 0 saturated carbocycles. The van der Waals surface area contributed by atoms with Crippen LogP contribution < -0.4 is 5.32 Å². The molecule has 0 bridgehead atoms. The molecule has 1 N–H and O–H groups in total. The zero-order chi connectivity index (χ0) is 10.7. The fourth-order valence-electron chi connectivity index (χ4n) is 1.33. The van der Waals surface area contributed by atoms with Crippen LogP contribution in [0.15, 0.2) is 18.3 Å². The summed E-state index contributed by atoms with van der Waals surface area (Å²) >= 11 is 1.81. The van der Waals surface area contributed by atoms with Gasteiger partial charge in [0, 0.05) is 18.5 Å². The molecule has 80 valence electrons. The highest BCUT2D eigenvalue weighted by atomic mass is 32.2. The Morgan fingerprint density at radius 3 is 3.13 bits per heavy atom. The summed E-state index contributed by atoms with van der Waals surface area (Å²) in [5, 5.41) is 7.52. The Kier molecular flexibility index (Phi) is 3.11. The average Bonchev–Trinajstić information content (AvgIpc) is 2.60. The van der Waals surface area contributed by atoms with Crippen LogP contribution in [-0.2, 0) is 0 Å². The van der Waals surface area contributed by atoms with Gasteiger partial charge < -0.3 is 5.32 Å². The number of hydrogen-bond donors (Lipinski definition) is 1. The summed E-state index contributed by atoms with van der Waals surface area (Å²) in [5.74, 6) is 1.77. The van der Waals surface area contributed by atoms with Gasteiger partial charge in [-0.1, -0.05) is 6.07 Å². The van der Waals surface area contributed by atoms with Gasteiger partial charge in [0.15, 0.2) is 5.65 Å². The van der Waals surface area contributed by atoms with Crippen molar-refractivity contribution in [3.63, 3.8) is 0 Å². The van der Waals surface area contributed by atoms with E-state index in [4.69, 9.17) is 0 Å². The Morgan fingerprint density at radius 1 is 1.47 bits per heavy atom. The number of nitrogens with one attached hydrogen (secondary N) is 1. The van der Waals surface area contributed by atoms with Crippen LogP contribution in [0.1, 0.15) is 5.56 Å². The molecule has 0 aliphatic carbocycles. The molecule has 0 fully saturated rings. The SMILES string of the molecule is CSCCNc1nc2ccc(C)cn2n1. The predicted molar refractivity (Wildman–Crippen MR) is 64.6 cm³/mol. The second-order valence-electron chi connectivity index (χ2n) is 3.36. The van der Waals surface area contributed by atoms with Gasteiger partial charge >= 0.3 is 0 Å². The maximum absolute atomic E-state index is 4.36. The molecule has 15 heavy (non-hydrogen) atoms. The minimum Gasteiger partial charge on any atom is -0.352 e. The van der Waals surface area contributed by atoms with Crippen LogP contribution >= 0.6 is 11.8 Å². The highest BCUT2D eigenvalue weighted by Gasteiger charge is 2.01. The minimum atomic E-state index is 0.703. The van der Waals surface area contributed by atoms with Crippen molar-refractivity contribution in [1.29, 1.82) is 0 Å².